The molecule has 1 atom stereocenters. The molecule has 1 aliphatic heterocycles. The normalized spacial score (nSPS) is 19.5. The van der Waals surface area contributed by atoms with Gasteiger partial charge in [-0.1, -0.05) is 20.3 Å². The minimum atomic E-state index is 0.155. The molecule has 0 spiro atoms. The van der Waals surface area contributed by atoms with E-state index in [4.69, 9.17) is 5.41 Å². The molecule has 2 aliphatic rings. The minimum absolute atomic E-state index is 0.155. The number of carbonyl (C=O) groups excluding carboxylic acids is 1. The number of hydrogen-bond donors (Lipinski definition) is 1. The second-order valence-corrected chi connectivity index (χ2v) is 9.14. The van der Waals surface area contributed by atoms with Crippen LogP contribution in [-0.4, -0.2) is 58.2 Å². The number of piperazine rings is 1. The monoisotopic (exact) mass is 394 g/mol. The lowest BCUT2D eigenvalue weighted by atomic mass is 9.91. The average molecular weight is 395 g/mol. The molecule has 4 rings (SSSR count). The molecule has 2 heterocycles. The van der Waals surface area contributed by atoms with E-state index < -0.39 is 0 Å². The summed E-state index contributed by atoms with van der Waals surface area (Å²) in [7, 11) is 0. The average Bonchev–Trinajstić information content (AvgIpc) is 3.10. The van der Waals surface area contributed by atoms with E-state index in [2.05, 4.69) is 48.6 Å². The molecule has 29 heavy (non-hydrogen) atoms. The van der Waals surface area contributed by atoms with Gasteiger partial charge in [0, 0.05) is 73.1 Å². The zero-order valence-corrected chi connectivity index (χ0v) is 18.0. The number of carbonyl (C=O) groups is 1. The summed E-state index contributed by atoms with van der Waals surface area (Å²) in [5, 5.41) is 9.28. The van der Waals surface area contributed by atoms with Crippen molar-refractivity contribution in [1.82, 2.24) is 14.4 Å². The van der Waals surface area contributed by atoms with Crippen molar-refractivity contribution in [2.75, 3.05) is 26.2 Å². The van der Waals surface area contributed by atoms with Gasteiger partial charge in [-0.05, 0) is 49.9 Å². The third-order valence-corrected chi connectivity index (χ3v) is 6.85. The fourth-order valence-corrected chi connectivity index (χ4v) is 4.56. The highest BCUT2D eigenvalue weighted by molar-refractivity contribution is 5.98. The molecule has 5 nitrogen and oxygen atoms in total. The van der Waals surface area contributed by atoms with E-state index in [-0.39, 0.29) is 17.9 Å². The van der Waals surface area contributed by atoms with Gasteiger partial charge >= 0.3 is 0 Å². The fraction of sp³-hybridized carbons (Fsp3) is 0.583. The Kier molecular flexibility index (Phi) is 5.77. The maximum Gasteiger partial charge on any atom is 0.253 e. The van der Waals surface area contributed by atoms with Crippen molar-refractivity contribution in [1.29, 1.82) is 5.41 Å². The van der Waals surface area contributed by atoms with Gasteiger partial charge in [0.1, 0.15) is 0 Å². The Labute approximate surface area is 174 Å². The number of nitrogens with one attached hydrogen (secondary N) is 1. The maximum atomic E-state index is 13.0. The molecule has 1 amide bonds. The first-order chi connectivity index (χ1) is 13.9. The lowest BCUT2D eigenvalue weighted by Crippen LogP contribution is -2.53. The summed E-state index contributed by atoms with van der Waals surface area (Å²) in [6.07, 6.45) is 6.87. The maximum absolute atomic E-state index is 13.0. The first-order valence-corrected chi connectivity index (χ1v) is 11.1. The molecule has 2 fully saturated rings. The first kappa shape index (κ1) is 20.1. The van der Waals surface area contributed by atoms with Crippen LogP contribution >= 0.6 is 0 Å². The number of fused-ring (bicyclic) bond motifs is 1. The highest BCUT2D eigenvalue weighted by Gasteiger charge is 2.29. The van der Waals surface area contributed by atoms with Gasteiger partial charge in [-0.2, -0.15) is 0 Å². The van der Waals surface area contributed by atoms with E-state index in [9.17, 15) is 4.79 Å². The second kappa shape index (κ2) is 8.31. The van der Waals surface area contributed by atoms with Gasteiger partial charge in [-0.25, -0.2) is 0 Å². The molecular weight excluding hydrogens is 360 g/mol. The van der Waals surface area contributed by atoms with Crippen molar-refractivity contribution in [3.63, 3.8) is 0 Å². The molecule has 0 bridgehead atoms. The number of hydrogen-bond acceptors (Lipinski definition) is 3. The first-order valence-electron chi connectivity index (χ1n) is 11.1. The Balaban J connectivity index is 1.44. The third kappa shape index (κ3) is 4.11. The molecular formula is C24H34N4O. The topological polar surface area (TPSA) is 52.3 Å². The van der Waals surface area contributed by atoms with Crippen molar-refractivity contribution in [2.24, 2.45) is 5.92 Å². The quantitative estimate of drug-likeness (QED) is 0.729. The molecule has 0 radical (unpaired) electrons. The Hall–Kier alpha value is -2.14. The number of aromatic nitrogens is 1. The summed E-state index contributed by atoms with van der Waals surface area (Å²) in [5.74, 6) is 0.441. The van der Waals surface area contributed by atoms with E-state index in [1.807, 2.05) is 17.0 Å². The molecule has 156 valence electrons. The summed E-state index contributed by atoms with van der Waals surface area (Å²) >= 11 is 0. The lowest BCUT2D eigenvalue weighted by Gasteiger charge is -2.42. The van der Waals surface area contributed by atoms with Crippen LogP contribution in [0.15, 0.2) is 30.5 Å². The van der Waals surface area contributed by atoms with E-state index in [1.165, 1.54) is 19.3 Å². The smallest absolute Gasteiger partial charge is 0.253 e. The molecule has 5 heteroatoms. The van der Waals surface area contributed by atoms with Crippen molar-refractivity contribution in [2.45, 2.75) is 58.5 Å². The summed E-state index contributed by atoms with van der Waals surface area (Å²) < 4.78 is 2.23. The Morgan fingerprint density at radius 2 is 1.83 bits per heavy atom. The SMILES string of the molecule is CC(C)C(=N)CC(C)n1ccc2cc(C(=O)N3CCN(C4CCC4)CC3)ccc21. The van der Waals surface area contributed by atoms with E-state index >= 15 is 0 Å². The van der Waals surface area contributed by atoms with Crippen LogP contribution in [0.25, 0.3) is 10.9 Å². The highest BCUT2D eigenvalue weighted by atomic mass is 16.2. The van der Waals surface area contributed by atoms with Crippen LogP contribution in [0.2, 0.25) is 0 Å². The largest absolute Gasteiger partial charge is 0.344 e. The van der Waals surface area contributed by atoms with Gasteiger partial charge in [-0.3, -0.25) is 9.69 Å². The molecule has 1 aliphatic carbocycles. The Morgan fingerprint density at radius 3 is 2.45 bits per heavy atom. The molecule has 1 N–H and O–H groups in total. The molecule has 1 aromatic heterocycles. The highest BCUT2D eigenvalue weighted by Crippen LogP contribution is 2.27. The Bertz CT molecular complexity index is 887. The van der Waals surface area contributed by atoms with Gasteiger partial charge in [0.25, 0.3) is 5.91 Å². The van der Waals surface area contributed by atoms with Crippen LogP contribution in [0.1, 0.15) is 62.9 Å². The Morgan fingerprint density at radius 1 is 1.10 bits per heavy atom. The van der Waals surface area contributed by atoms with Crippen molar-refractivity contribution >= 4 is 22.5 Å². The molecule has 1 aromatic carbocycles. The van der Waals surface area contributed by atoms with Crippen molar-refractivity contribution in [3.05, 3.63) is 36.0 Å². The van der Waals surface area contributed by atoms with Gasteiger partial charge in [0.15, 0.2) is 0 Å². The van der Waals surface area contributed by atoms with Gasteiger partial charge in [0.05, 0.1) is 0 Å². The molecule has 2 aromatic rings. The van der Waals surface area contributed by atoms with Gasteiger partial charge in [-0.15, -0.1) is 0 Å². The standard InChI is InChI=1S/C24H34N4O/c1-17(2)22(25)15-18(3)28-10-9-19-16-20(7-8-23(19)28)24(29)27-13-11-26(12-14-27)21-5-4-6-21/h7-10,16-18,21,25H,4-6,11-15H2,1-3H3. The minimum Gasteiger partial charge on any atom is -0.344 e. The number of rotatable bonds is 6. The van der Waals surface area contributed by atoms with Crippen LogP contribution in [0.5, 0.6) is 0 Å². The van der Waals surface area contributed by atoms with Crippen LogP contribution in [0, 0.1) is 11.3 Å². The van der Waals surface area contributed by atoms with Gasteiger partial charge in [0.2, 0.25) is 0 Å². The summed E-state index contributed by atoms with van der Waals surface area (Å²) in [6, 6.07) is 9.18. The number of amides is 1. The number of nitrogens with zero attached hydrogens (tertiary/aromatic N) is 3. The predicted molar refractivity (Wildman–Crippen MR) is 119 cm³/mol. The molecule has 1 saturated carbocycles. The fourth-order valence-electron chi connectivity index (χ4n) is 4.56. The van der Waals surface area contributed by atoms with E-state index in [0.29, 0.717) is 0 Å². The second-order valence-electron chi connectivity index (χ2n) is 9.14. The van der Waals surface area contributed by atoms with Crippen molar-refractivity contribution in [3.8, 4) is 0 Å². The van der Waals surface area contributed by atoms with Crippen molar-refractivity contribution < 1.29 is 4.79 Å². The summed E-state index contributed by atoms with van der Waals surface area (Å²) in [4.78, 5) is 17.6. The molecule has 1 unspecified atom stereocenters. The van der Waals surface area contributed by atoms with Crippen LogP contribution in [0.3, 0.4) is 0 Å². The van der Waals surface area contributed by atoms with Gasteiger partial charge < -0.3 is 14.9 Å². The van der Waals surface area contributed by atoms with Crippen LogP contribution < -0.4 is 0 Å². The zero-order chi connectivity index (χ0) is 20.5. The van der Waals surface area contributed by atoms with E-state index in [0.717, 1.165) is 60.8 Å². The predicted octanol–water partition coefficient (Wildman–Crippen LogP) is 4.58. The number of benzene rings is 1. The third-order valence-electron chi connectivity index (χ3n) is 6.85. The lowest BCUT2D eigenvalue weighted by molar-refractivity contribution is 0.0455. The van der Waals surface area contributed by atoms with Crippen LogP contribution in [0.4, 0.5) is 0 Å². The zero-order valence-electron chi connectivity index (χ0n) is 18.0. The van der Waals surface area contributed by atoms with E-state index in [1.54, 1.807) is 0 Å². The molecule has 1 saturated heterocycles. The summed E-state index contributed by atoms with van der Waals surface area (Å²) in [6.45, 7) is 10.0. The summed E-state index contributed by atoms with van der Waals surface area (Å²) in [5.41, 5.74) is 2.71. The van der Waals surface area contributed by atoms with Crippen LogP contribution in [-0.2, 0) is 0 Å².